The minimum Gasteiger partial charge on any atom is -0.478 e. The van der Waals surface area contributed by atoms with Crippen molar-refractivity contribution in [2.45, 2.75) is 20.3 Å². The molecule has 17 heavy (non-hydrogen) atoms. The van der Waals surface area contributed by atoms with Gasteiger partial charge in [-0.05, 0) is 42.5 Å². The van der Waals surface area contributed by atoms with E-state index in [9.17, 15) is 4.79 Å². The molecule has 3 nitrogen and oxygen atoms in total. The Bertz CT molecular complexity index is 380. The summed E-state index contributed by atoms with van der Waals surface area (Å²) in [4.78, 5) is 10.8. The standard InChI is InChI=1S/C13H19NO2S/c1-3-17-8-4-7-14-12-9-11(13(15)16)6-5-10(12)2/h5-6,9,14H,3-4,7-8H2,1-2H3,(H,15,16). The number of benzene rings is 1. The predicted molar refractivity (Wildman–Crippen MR) is 74.2 cm³/mol. The third-order valence-electron chi connectivity index (χ3n) is 2.47. The number of aryl methyl sites for hydroxylation is 1. The van der Waals surface area contributed by atoms with Crippen LogP contribution in [0.15, 0.2) is 18.2 Å². The maximum absolute atomic E-state index is 10.8. The van der Waals surface area contributed by atoms with E-state index in [2.05, 4.69) is 12.2 Å². The van der Waals surface area contributed by atoms with Gasteiger partial charge in [0.1, 0.15) is 0 Å². The Kier molecular flexibility index (Phi) is 5.91. The molecule has 0 aliphatic rings. The fourth-order valence-corrected chi connectivity index (χ4v) is 2.12. The molecule has 0 bridgehead atoms. The fourth-order valence-electron chi connectivity index (χ4n) is 1.49. The van der Waals surface area contributed by atoms with Crippen molar-refractivity contribution >= 4 is 23.4 Å². The molecule has 1 rings (SSSR count). The molecule has 0 aliphatic heterocycles. The van der Waals surface area contributed by atoms with Gasteiger partial charge >= 0.3 is 5.97 Å². The first kappa shape index (κ1) is 13.9. The van der Waals surface area contributed by atoms with Gasteiger partial charge in [0.15, 0.2) is 0 Å². The molecule has 0 saturated carbocycles. The summed E-state index contributed by atoms with van der Waals surface area (Å²) in [5.74, 6) is 1.41. The number of nitrogens with one attached hydrogen (secondary N) is 1. The van der Waals surface area contributed by atoms with Crippen LogP contribution in [0.3, 0.4) is 0 Å². The summed E-state index contributed by atoms with van der Waals surface area (Å²) in [5, 5.41) is 12.2. The topological polar surface area (TPSA) is 49.3 Å². The number of carboxylic acids is 1. The molecule has 0 aliphatic carbocycles. The Morgan fingerprint density at radius 1 is 1.47 bits per heavy atom. The normalized spacial score (nSPS) is 10.2. The van der Waals surface area contributed by atoms with E-state index in [4.69, 9.17) is 5.11 Å². The molecule has 0 heterocycles. The molecule has 0 radical (unpaired) electrons. The molecule has 1 aromatic rings. The van der Waals surface area contributed by atoms with Crippen molar-refractivity contribution in [1.82, 2.24) is 0 Å². The van der Waals surface area contributed by atoms with Gasteiger partial charge < -0.3 is 10.4 Å². The number of carbonyl (C=O) groups is 1. The van der Waals surface area contributed by atoms with Gasteiger partial charge in [-0.25, -0.2) is 4.79 Å². The molecule has 0 amide bonds. The SMILES string of the molecule is CCSCCCNc1cc(C(=O)O)ccc1C. The van der Waals surface area contributed by atoms with E-state index >= 15 is 0 Å². The highest BCUT2D eigenvalue weighted by atomic mass is 32.2. The second-order valence-corrected chi connectivity index (χ2v) is 5.21. The van der Waals surface area contributed by atoms with Crippen molar-refractivity contribution in [3.05, 3.63) is 29.3 Å². The predicted octanol–water partition coefficient (Wildman–Crippen LogP) is 3.25. The lowest BCUT2D eigenvalue weighted by Crippen LogP contribution is -2.06. The lowest BCUT2D eigenvalue weighted by molar-refractivity contribution is 0.0697. The van der Waals surface area contributed by atoms with Crippen LogP contribution in [0.4, 0.5) is 5.69 Å². The van der Waals surface area contributed by atoms with Gasteiger partial charge in [0.2, 0.25) is 0 Å². The number of thioether (sulfide) groups is 1. The van der Waals surface area contributed by atoms with Crippen LogP contribution in [0.5, 0.6) is 0 Å². The van der Waals surface area contributed by atoms with E-state index in [1.807, 2.05) is 24.8 Å². The van der Waals surface area contributed by atoms with E-state index in [0.717, 1.165) is 35.7 Å². The van der Waals surface area contributed by atoms with E-state index in [1.54, 1.807) is 12.1 Å². The molecule has 0 unspecified atom stereocenters. The number of aromatic carboxylic acids is 1. The first-order chi connectivity index (χ1) is 8.15. The quantitative estimate of drug-likeness (QED) is 0.732. The highest BCUT2D eigenvalue weighted by Crippen LogP contribution is 2.17. The zero-order chi connectivity index (χ0) is 12.7. The summed E-state index contributed by atoms with van der Waals surface area (Å²) in [6, 6.07) is 5.17. The molecule has 2 N–H and O–H groups in total. The number of rotatable bonds is 7. The van der Waals surface area contributed by atoms with E-state index in [-0.39, 0.29) is 0 Å². The molecule has 0 fully saturated rings. The van der Waals surface area contributed by atoms with Gasteiger partial charge in [0, 0.05) is 12.2 Å². The smallest absolute Gasteiger partial charge is 0.335 e. The first-order valence-electron chi connectivity index (χ1n) is 5.80. The van der Waals surface area contributed by atoms with Crippen molar-refractivity contribution in [3.63, 3.8) is 0 Å². The highest BCUT2D eigenvalue weighted by Gasteiger charge is 2.05. The Labute approximate surface area is 107 Å². The van der Waals surface area contributed by atoms with Crippen LogP contribution in [-0.2, 0) is 0 Å². The van der Waals surface area contributed by atoms with Gasteiger partial charge in [-0.15, -0.1) is 0 Å². The van der Waals surface area contributed by atoms with Crippen molar-refractivity contribution in [2.24, 2.45) is 0 Å². The number of hydrogen-bond donors (Lipinski definition) is 2. The van der Waals surface area contributed by atoms with Crippen molar-refractivity contribution in [1.29, 1.82) is 0 Å². The van der Waals surface area contributed by atoms with Gasteiger partial charge in [-0.3, -0.25) is 0 Å². The first-order valence-corrected chi connectivity index (χ1v) is 6.96. The van der Waals surface area contributed by atoms with Gasteiger partial charge in [-0.1, -0.05) is 13.0 Å². The molecule has 94 valence electrons. The van der Waals surface area contributed by atoms with Crippen molar-refractivity contribution < 1.29 is 9.90 Å². The lowest BCUT2D eigenvalue weighted by atomic mass is 10.1. The van der Waals surface area contributed by atoms with Crippen LogP contribution in [0.1, 0.15) is 29.3 Å². The van der Waals surface area contributed by atoms with Crippen LogP contribution in [0.2, 0.25) is 0 Å². The molecular weight excluding hydrogens is 234 g/mol. The maximum Gasteiger partial charge on any atom is 0.335 e. The minimum absolute atomic E-state index is 0.334. The molecule has 1 aromatic carbocycles. The number of hydrogen-bond acceptors (Lipinski definition) is 3. The molecule has 0 spiro atoms. The fraction of sp³-hybridized carbons (Fsp3) is 0.462. The summed E-state index contributed by atoms with van der Waals surface area (Å²) >= 11 is 1.92. The van der Waals surface area contributed by atoms with Gasteiger partial charge in [0.25, 0.3) is 0 Å². The molecule has 0 atom stereocenters. The second-order valence-electron chi connectivity index (χ2n) is 3.81. The Morgan fingerprint density at radius 3 is 2.88 bits per heavy atom. The molecular formula is C13H19NO2S. The average molecular weight is 253 g/mol. The number of carboxylic acid groups (broad SMARTS) is 1. The summed E-state index contributed by atoms with van der Waals surface area (Å²) in [5.41, 5.74) is 2.34. The summed E-state index contributed by atoms with van der Waals surface area (Å²) in [6.45, 7) is 5.02. The van der Waals surface area contributed by atoms with Crippen molar-refractivity contribution in [2.75, 3.05) is 23.4 Å². The summed E-state index contributed by atoms with van der Waals surface area (Å²) in [6.07, 6.45) is 1.09. The van der Waals surface area contributed by atoms with E-state index in [0.29, 0.717) is 5.56 Å². The van der Waals surface area contributed by atoms with E-state index in [1.165, 1.54) is 0 Å². The Morgan fingerprint density at radius 2 is 2.24 bits per heavy atom. The molecule has 4 heteroatoms. The van der Waals surface area contributed by atoms with Crippen LogP contribution in [0.25, 0.3) is 0 Å². The minimum atomic E-state index is -0.880. The van der Waals surface area contributed by atoms with Crippen LogP contribution < -0.4 is 5.32 Å². The Hall–Kier alpha value is -1.16. The largest absolute Gasteiger partial charge is 0.478 e. The van der Waals surface area contributed by atoms with Gasteiger partial charge in [0.05, 0.1) is 5.56 Å². The highest BCUT2D eigenvalue weighted by molar-refractivity contribution is 7.99. The summed E-state index contributed by atoms with van der Waals surface area (Å²) in [7, 11) is 0. The van der Waals surface area contributed by atoms with Crippen molar-refractivity contribution in [3.8, 4) is 0 Å². The zero-order valence-corrected chi connectivity index (χ0v) is 11.1. The van der Waals surface area contributed by atoms with Crippen LogP contribution in [0, 0.1) is 6.92 Å². The zero-order valence-electron chi connectivity index (χ0n) is 10.3. The third-order valence-corrected chi connectivity index (χ3v) is 3.46. The monoisotopic (exact) mass is 253 g/mol. The number of anilines is 1. The van der Waals surface area contributed by atoms with Gasteiger partial charge in [-0.2, -0.15) is 11.8 Å². The molecule has 0 saturated heterocycles. The van der Waals surface area contributed by atoms with E-state index < -0.39 is 5.97 Å². The third kappa shape index (κ3) is 4.69. The maximum atomic E-state index is 10.8. The van der Waals surface area contributed by atoms with Crippen LogP contribution >= 0.6 is 11.8 Å². The second kappa shape index (κ2) is 7.22. The summed E-state index contributed by atoms with van der Waals surface area (Å²) < 4.78 is 0. The Balaban J connectivity index is 2.51. The average Bonchev–Trinajstić information content (AvgIpc) is 2.30. The lowest BCUT2D eigenvalue weighted by Gasteiger charge is -2.10. The van der Waals surface area contributed by atoms with Crippen LogP contribution in [-0.4, -0.2) is 29.1 Å². The molecule has 0 aromatic heterocycles.